The highest BCUT2D eigenvalue weighted by Gasteiger charge is 2.26. The minimum Gasteiger partial charge on any atom is -0.469 e. The molecule has 0 amide bonds. The van der Waals surface area contributed by atoms with Crippen LogP contribution in [0, 0.1) is 0 Å². The topological polar surface area (TPSA) is 72.8 Å². The van der Waals surface area contributed by atoms with E-state index in [1.165, 1.54) is 65.6 Å². The Kier molecular flexibility index (Phi) is 19.7. The van der Waals surface area contributed by atoms with E-state index >= 15 is 0 Å². The molecule has 0 spiro atoms. The van der Waals surface area contributed by atoms with Gasteiger partial charge in [0.1, 0.15) is 0 Å². The summed E-state index contributed by atoms with van der Waals surface area (Å²) in [6.45, 7) is 2.25. The van der Waals surface area contributed by atoms with Crippen LogP contribution in [0.5, 0.6) is 0 Å². The van der Waals surface area contributed by atoms with Crippen molar-refractivity contribution < 1.29 is 24.2 Å². The van der Waals surface area contributed by atoms with Crippen LogP contribution < -0.4 is 0 Å². The largest absolute Gasteiger partial charge is 0.469 e. The highest BCUT2D eigenvalue weighted by atomic mass is 32.2. The van der Waals surface area contributed by atoms with E-state index in [1.807, 2.05) is 0 Å². The van der Waals surface area contributed by atoms with Gasteiger partial charge in [0.15, 0.2) is 0 Å². The van der Waals surface area contributed by atoms with Gasteiger partial charge in [-0.05, 0) is 25.7 Å². The summed E-state index contributed by atoms with van der Waals surface area (Å²) >= 11 is 1.61. The zero-order valence-corrected chi connectivity index (χ0v) is 20.5. The van der Waals surface area contributed by atoms with Crippen molar-refractivity contribution >= 4 is 23.7 Å². The molecule has 0 rings (SSSR count). The molecule has 1 atom stereocenters. The number of rotatable bonds is 21. The molecule has 0 aliphatic carbocycles. The number of esters is 2. The van der Waals surface area contributed by atoms with Crippen molar-refractivity contribution in [3.8, 4) is 0 Å². The summed E-state index contributed by atoms with van der Waals surface area (Å²) in [5.74, 6) is 0.883. The van der Waals surface area contributed by atoms with Crippen LogP contribution in [0.4, 0.5) is 0 Å². The molecule has 178 valence electrons. The molecular formula is C24H46O5S. The van der Waals surface area contributed by atoms with Gasteiger partial charge in [-0.2, -0.15) is 11.8 Å². The summed E-state index contributed by atoms with van der Waals surface area (Å²) in [7, 11) is 2.80. The Labute approximate surface area is 189 Å². The average molecular weight is 447 g/mol. The minimum atomic E-state index is -0.725. The predicted octanol–water partition coefficient (Wildman–Crippen LogP) is 6.06. The van der Waals surface area contributed by atoms with Gasteiger partial charge in [-0.15, -0.1) is 0 Å². The number of hydrogen-bond acceptors (Lipinski definition) is 6. The summed E-state index contributed by atoms with van der Waals surface area (Å²) < 4.78 is 9.36. The van der Waals surface area contributed by atoms with Crippen molar-refractivity contribution in [2.24, 2.45) is 0 Å². The third-order valence-corrected chi connectivity index (χ3v) is 6.78. The number of carbonyl (C=O) groups is 2. The number of aliphatic hydroxyl groups is 1. The number of ether oxygens (including phenoxy) is 2. The highest BCUT2D eigenvalue weighted by molar-refractivity contribution is 7.99. The van der Waals surface area contributed by atoms with E-state index in [4.69, 9.17) is 0 Å². The lowest BCUT2D eigenvalue weighted by Gasteiger charge is -2.28. The van der Waals surface area contributed by atoms with Crippen LogP contribution in [-0.4, -0.2) is 48.4 Å². The van der Waals surface area contributed by atoms with Gasteiger partial charge in [0.05, 0.1) is 26.2 Å². The molecule has 0 aromatic heterocycles. The smallest absolute Gasteiger partial charge is 0.306 e. The monoisotopic (exact) mass is 446 g/mol. The Morgan fingerprint density at radius 3 is 1.73 bits per heavy atom. The number of unbranched alkanes of at least 4 members (excludes halogenated alkanes) is 10. The van der Waals surface area contributed by atoms with Gasteiger partial charge in [-0.25, -0.2) is 0 Å². The van der Waals surface area contributed by atoms with Crippen LogP contribution in [0.25, 0.3) is 0 Å². The van der Waals surface area contributed by atoms with Gasteiger partial charge < -0.3 is 14.6 Å². The second-order valence-electron chi connectivity index (χ2n) is 8.32. The lowest BCUT2D eigenvalue weighted by Crippen LogP contribution is -2.32. The van der Waals surface area contributed by atoms with E-state index in [2.05, 4.69) is 16.4 Å². The normalized spacial score (nSPS) is 13.1. The molecule has 30 heavy (non-hydrogen) atoms. The standard InChI is InChI=1S/C24H46O5S/c1-4-5-6-7-8-9-10-11-12-14-18-24(27,19-15-13-16-22(25)28-2)21-30-20-17-23(26)29-3/h27H,4-21H2,1-3H3. The van der Waals surface area contributed by atoms with Crippen molar-refractivity contribution in [2.45, 2.75) is 115 Å². The van der Waals surface area contributed by atoms with E-state index < -0.39 is 5.60 Å². The SMILES string of the molecule is CCCCCCCCCCCCC(O)(CCCCC(=O)OC)CSCCC(=O)OC. The van der Waals surface area contributed by atoms with Gasteiger partial charge in [0.25, 0.3) is 0 Å². The van der Waals surface area contributed by atoms with Crippen molar-refractivity contribution in [2.75, 3.05) is 25.7 Å². The molecule has 0 aliphatic heterocycles. The molecule has 0 aliphatic rings. The van der Waals surface area contributed by atoms with Gasteiger partial charge in [0.2, 0.25) is 0 Å². The molecule has 1 N–H and O–H groups in total. The second kappa shape index (κ2) is 20.2. The average Bonchev–Trinajstić information content (AvgIpc) is 2.75. The Balaban J connectivity index is 4.11. The first-order valence-corrected chi connectivity index (χ1v) is 13.1. The molecule has 0 bridgehead atoms. The van der Waals surface area contributed by atoms with Gasteiger partial charge in [-0.1, -0.05) is 71.1 Å². The van der Waals surface area contributed by atoms with Crippen molar-refractivity contribution in [1.29, 1.82) is 0 Å². The molecule has 0 radical (unpaired) electrons. The number of carbonyl (C=O) groups excluding carboxylic acids is 2. The molecule has 1 unspecified atom stereocenters. The Bertz CT molecular complexity index is 404. The van der Waals surface area contributed by atoms with Crippen LogP contribution in [0.15, 0.2) is 0 Å². The minimum absolute atomic E-state index is 0.194. The van der Waals surface area contributed by atoms with Gasteiger partial charge in [0, 0.05) is 17.9 Å². The van der Waals surface area contributed by atoms with E-state index in [0.29, 0.717) is 30.8 Å². The molecule has 6 heteroatoms. The third-order valence-electron chi connectivity index (χ3n) is 5.55. The molecule has 0 heterocycles. The number of thioether (sulfide) groups is 1. The fraction of sp³-hybridized carbons (Fsp3) is 0.917. The molecule has 0 aromatic carbocycles. The van der Waals surface area contributed by atoms with E-state index in [1.54, 1.807) is 11.8 Å². The Hall–Kier alpha value is -0.750. The number of methoxy groups -OCH3 is 2. The van der Waals surface area contributed by atoms with E-state index in [0.717, 1.165) is 32.1 Å². The second-order valence-corrected chi connectivity index (χ2v) is 9.42. The Morgan fingerprint density at radius 2 is 1.20 bits per heavy atom. The number of hydrogen-bond donors (Lipinski definition) is 1. The lowest BCUT2D eigenvalue weighted by molar-refractivity contribution is -0.141. The zero-order valence-electron chi connectivity index (χ0n) is 19.7. The fourth-order valence-electron chi connectivity index (χ4n) is 3.56. The van der Waals surface area contributed by atoms with Crippen LogP contribution >= 0.6 is 11.8 Å². The maximum Gasteiger partial charge on any atom is 0.306 e. The van der Waals surface area contributed by atoms with Crippen molar-refractivity contribution in [3.63, 3.8) is 0 Å². The third kappa shape index (κ3) is 18.1. The van der Waals surface area contributed by atoms with Crippen molar-refractivity contribution in [3.05, 3.63) is 0 Å². The van der Waals surface area contributed by atoms with E-state index in [-0.39, 0.29) is 11.9 Å². The fourth-order valence-corrected chi connectivity index (χ4v) is 4.68. The molecule has 5 nitrogen and oxygen atoms in total. The first-order valence-electron chi connectivity index (χ1n) is 11.9. The molecule has 0 aromatic rings. The molecular weight excluding hydrogens is 400 g/mol. The molecule has 0 saturated heterocycles. The Morgan fingerprint density at radius 1 is 0.733 bits per heavy atom. The maximum atomic E-state index is 11.3. The van der Waals surface area contributed by atoms with Crippen LogP contribution in [0.2, 0.25) is 0 Å². The first-order chi connectivity index (χ1) is 14.5. The lowest BCUT2D eigenvalue weighted by atomic mass is 9.91. The summed E-state index contributed by atoms with van der Waals surface area (Å²) in [5, 5.41) is 11.1. The van der Waals surface area contributed by atoms with Crippen LogP contribution in [-0.2, 0) is 19.1 Å². The van der Waals surface area contributed by atoms with Crippen molar-refractivity contribution in [1.82, 2.24) is 0 Å². The highest BCUT2D eigenvalue weighted by Crippen LogP contribution is 2.27. The van der Waals surface area contributed by atoms with Gasteiger partial charge >= 0.3 is 11.9 Å². The molecule has 0 saturated carbocycles. The molecule has 0 fully saturated rings. The summed E-state index contributed by atoms with van der Waals surface area (Å²) in [5.41, 5.74) is -0.725. The summed E-state index contributed by atoms with van der Waals surface area (Å²) in [6, 6.07) is 0. The zero-order chi connectivity index (χ0) is 22.5. The van der Waals surface area contributed by atoms with E-state index in [9.17, 15) is 14.7 Å². The maximum absolute atomic E-state index is 11.3. The van der Waals surface area contributed by atoms with Crippen LogP contribution in [0.3, 0.4) is 0 Å². The summed E-state index contributed by atoms with van der Waals surface area (Å²) in [6.07, 6.45) is 16.6. The quantitative estimate of drug-likeness (QED) is 0.171. The van der Waals surface area contributed by atoms with Gasteiger partial charge in [-0.3, -0.25) is 9.59 Å². The van der Waals surface area contributed by atoms with Crippen LogP contribution in [0.1, 0.15) is 110 Å². The summed E-state index contributed by atoms with van der Waals surface area (Å²) in [4.78, 5) is 22.5. The first kappa shape index (κ1) is 29.2. The predicted molar refractivity (Wildman–Crippen MR) is 126 cm³/mol.